The summed E-state index contributed by atoms with van der Waals surface area (Å²) in [5.41, 5.74) is 5.75. The van der Waals surface area contributed by atoms with Crippen LogP contribution < -0.4 is 4.90 Å². The summed E-state index contributed by atoms with van der Waals surface area (Å²) in [5.74, 6) is 2.19. The van der Waals surface area contributed by atoms with Crippen LogP contribution in [0.25, 0.3) is 32.9 Å². The van der Waals surface area contributed by atoms with Gasteiger partial charge in [0.25, 0.3) is 0 Å². The molecule has 2 fully saturated rings. The molecule has 1 amide bonds. The van der Waals surface area contributed by atoms with Crippen molar-refractivity contribution in [2.45, 2.75) is 103 Å². The first-order valence-corrected chi connectivity index (χ1v) is 19.7. The van der Waals surface area contributed by atoms with E-state index in [2.05, 4.69) is 69.0 Å². The number of benzene rings is 2. The second-order valence-electron chi connectivity index (χ2n) is 15.5. The maximum Gasteiger partial charge on any atom is 0.410 e. The normalized spacial score (nSPS) is 17.6. The van der Waals surface area contributed by atoms with Gasteiger partial charge in [-0.05, 0) is 55.3 Å². The Morgan fingerprint density at radius 2 is 1.70 bits per heavy atom. The van der Waals surface area contributed by atoms with Crippen molar-refractivity contribution in [1.82, 2.24) is 14.9 Å². The maximum absolute atomic E-state index is 16.8. The number of carbonyl (C=O) groups excluding carboxylic acids is 1. The number of anilines is 1. The Labute approximate surface area is 294 Å². The van der Waals surface area contributed by atoms with Gasteiger partial charge in [-0.2, -0.15) is 5.26 Å². The summed E-state index contributed by atoms with van der Waals surface area (Å²) in [4.78, 5) is 25.7. The average molecular weight is 694 g/mol. The number of aromatic nitrogens is 2. The number of nitriles is 1. The van der Waals surface area contributed by atoms with Gasteiger partial charge in [0.05, 0.1) is 28.9 Å². The van der Waals surface area contributed by atoms with Crippen molar-refractivity contribution < 1.29 is 18.3 Å². The number of fused-ring (bicyclic) bond motifs is 3. The summed E-state index contributed by atoms with van der Waals surface area (Å²) in [6, 6.07) is 10.6. The van der Waals surface area contributed by atoms with E-state index in [9.17, 15) is 10.1 Å². The highest BCUT2D eigenvalue weighted by molar-refractivity contribution is 6.90. The van der Waals surface area contributed by atoms with E-state index in [0.717, 1.165) is 5.39 Å². The maximum atomic E-state index is 16.8. The largest absolute Gasteiger partial charge is 0.444 e. The van der Waals surface area contributed by atoms with Gasteiger partial charge in [0, 0.05) is 41.8 Å². The minimum Gasteiger partial charge on any atom is -0.444 e. The van der Waals surface area contributed by atoms with E-state index < -0.39 is 25.3 Å². The molecular formula is C40H45F2N5O2Si. The average Bonchev–Trinajstić information content (AvgIpc) is 3.37. The molecule has 4 heterocycles. The summed E-state index contributed by atoms with van der Waals surface area (Å²) in [7, 11) is -2.21. The van der Waals surface area contributed by atoms with Gasteiger partial charge in [0.15, 0.2) is 5.82 Å². The van der Waals surface area contributed by atoms with Crippen LogP contribution in [0.4, 0.5) is 19.3 Å². The van der Waals surface area contributed by atoms with E-state index in [1.807, 2.05) is 37.8 Å². The fraction of sp³-hybridized carbons (Fsp3) is 0.450. The highest BCUT2D eigenvalue weighted by atomic mass is 28.3. The molecule has 2 atom stereocenters. The quantitative estimate of drug-likeness (QED) is 0.153. The third-order valence-corrected chi connectivity index (χ3v) is 17.0. The molecule has 0 unspecified atom stereocenters. The summed E-state index contributed by atoms with van der Waals surface area (Å²) >= 11 is 0. The Morgan fingerprint density at radius 3 is 2.34 bits per heavy atom. The van der Waals surface area contributed by atoms with Crippen LogP contribution in [0.2, 0.25) is 16.6 Å². The molecule has 2 aromatic carbocycles. The summed E-state index contributed by atoms with van der Waals surface area (Å²) in [5, 5.41) is 11.7. The molecule has 2 saturated heterocycles. The van der Waals surface area contributed by atoms with Crippen molar-refractivity contribution in [2.24, 2.45) is 0 Å². The molecule has 4 aromatic rings. The predicted octanol–water partition coefficient (Wildman–Crippen LogP) is 9.37. The number of amides is 1. The van der Waals surface area contributed by atoms with Crippen LogP contribution >= 0.6 is 0 Å². The fourth-order valence-electron chi connectivity index (χ4n) is 8.39. The van der Waals surface area contributed by atoms with Crippen LogP contribution in [0.5, 0.6) is 0 Å². The zero-order chi connectivity index (χ0) is 36.3. The Morgan fingerprint density at radius 1 is 1.00 bits per heavy atom. The monoisotopic (exact) mass is 693 g/mol. The first-order chi connectivity index (χ1) is 23.6. The first-order valence-electron chi connectivity index (χ1n) is 17.5. The van der Waals surface area contributed by atoms with Gasteiger partial charge in [0.1, 0.15) is 36.8 Å². The smallest absolute Gasteiger partial charge is 0.410 e. The highest BCUT2D eigenvalue weighted by Gasteiger charge is 2.51. The van der Waals surface area contributed by atoms with Gasteiger partial charge in [-0.3, -0.25) is 9.97 Å². The highest BCUT2D eigenvalue weighted by Crippen LogP contribution is 2.44. The number of hydrogen-bond acceptors (Lipinski definition) is 6. The number of nitrogens with zero attached hydrogens (tertiary/aromatic N) is 5. The molecule has 2 aliphatic rings. The van der Waals surface area contributed by atoms with E-state index in [0.29, 0.717) is 63.7 Å². The minimum atomic E-state index is -2.21. The Bertz CT molecular complexity index is 2090. The van der Waals surface area contributed by atoms with Gasteiger partial charge in [0.2, 0.25) is 0 Å². The number of ether oxygens (including phenoxy) is 1. The van der Waals surface area contributed by atoms with Crippen molar-refractivity contribution >= 4 is 41.5 Å². The van der Waals surface area contributed by atoms with Crippen molar-refractivity contribution in [3.8, 4) is 28.8 Å². The van der Waals surface area contributed by atoms with E-state index in [-0.39, 0.29) is 35.0 Å². The fourth-order valence-corrected chi connectivity index (χ4v) is 13.6. The Hall–Kier alpha value is -4.54. The lowest BCUT2D eigenvalue weighted by Gasteiger charge is -2.48. The lowest BCUT2D eigenvalue weighted by atomic mass is 9.93. The molecule has 0 N–H and O–H groups in total. The second-order valence-corrected chi connectivity index (χ2v) is 21.1. The zero-order valence-corrected chi connectivity index (χ0v) is 31.4. The Kier molecular flexibility index (Phi) is 9.15. The second kappa shape index (κ2) is 13.0. The van der Waals surface area contributed by atoms with Crippen LogP contribution in [-0.4, -0.2) is 59.8 Å². The van der Waals surface area contributed by atoms with Crippen LogP contribution in [-0.2, 0) is 4.74 Å². The molecule has 2 aliphatic heterocycles. The lowest BCUT2D eigenvalue weighted by molar-refractivity contribution is 0.0194. The third kappa shape index (κ3) is 5.78. The van der Waals surface area contributed by atoms with Crippen molar-refractivity contribution in [2.75, 3.05) is 18.0 Å². The number of rotatable bonds is 5. The van der Waals surface area contributed by atoms with Crippen LogP contribution in [0, 0.1) is 34.4 Å². The lowest BCUT2D eigenvalue weighted by Crippen LogP contribution is -2.63. The number of carbonyl (C=O) groups is 1. The molecule has 0 bridgehead atoms. The molecular weight excluding hydrogens is 649 g/mol. The van der Waals surface area contributed by atoms with Crippen LogP contribution in [0.1, 0.15) is 79.9 Å². The molecule has 50 heavy (non-hydrogen) atoms. The van der Waals surface area contributed by atoms with Crippen LogP contribution in [0.15, 0.2) is 42.7 Å². The van der Waals surface area contributed by atoms with Gasteiger partial charge >= 0.3 is 6.09 Å². The molecule has 0 spiro atoms. The zero-order valence-electron chi connectivity index (χ0n) is 30.4. The predicted molar refractivity (Wildman–Crippen MR) is 198 cm³/mol. The van der Waals surface area contributed by atoms with Gasteiger partial charge in [-0.25, -0.2) is 13.6 Å². The summed E-state index contributed by atoms with van der Waals surface area (Å²) in [6.45, 7) is 19.8. The third-order valence-electron chi connectivity index (χ3n) is 10.7. The first kappa shape index (κ1) is 35.3. The molecule has 6 rings (SSSR count). The van der Waals surface area contributed by atoms with Crippen LogP contribution in [0.3, 0.4) is 0 Å². The summed E-state index contributed by atoms with van der Waals surface area (Å²) < 4.78 is 38.2. The van der Waals surface area contributed by atoms with Crippen molar-refractivity contribution in [1.29, 1.82) is 5.26 Å². The number of likely N-dealkylation sites (tertiary alicyclic amines) is 1. The van der Waals surface area contributed by atoms with E-state index in [1.165, 1.54) is 12.3 Å². The minimum absolute atomic E-state index is 0.0402. The standard InChI is InChI=1S/C40H45F2N5O2Si/c1-23(2)50(24(3)4,25(5)6)18-16-28-31(41)14-13-26-11-10-12-29(34(26)28)36-35(42)37-30(21-45-36)38(27(19-43)20-44-37)47-22-33-32(47)15-17-46(33)39(48)49-40(7,8)9/h10-14,20-21,23-25,32-33H,15,17,22H2,1-9H3/t32-,33-/m1/s1. The van der Waals surface area contributed by atoms with E-state index in [1.54, 1.807) is 23.2 Å². The van der Waals surface area contributed by atoms with Gasteiger partial charge in [-0.1, -0.05) is 71.7 Å². The Balaban J connectivity index is 1.46. The van der Waals surface area contributed by atoms with Crippen molar-refractivity contribution in [3.05, 3.63) is 65.5 Å². The van der Waals surface area contributed by atoms with Crippen molar-refractivity contribution in [3.63, 3.8) is 0 Å². The number of halogens is 2. The molecule has 0 saturated carbocycles. The summed E-state index contributed by atoms with van der Waals surface area (Å²) in [6.07, 6.45) is 3.28. The van der Waals surface area contributed by atoms with Gasteiger partial charge < -0.3 is 14.5 Å². The molecule has 2 aromatic heterocycles. The number of pyridine rings is 2. The molecule has 0 aliphatic carbocycles. The topological polar surface area (TPSA) is 82.4 Å². The van der Waals surface area contributed by atoms with E-state index in [4.69, 9.17) is 4.74 Å². The van der Waals surface area contributed by atoms with E-state index >= 15 is 8.78 Å². The molecule has 260 valence electrons. The molecule has 0 radical (unpaired) electrons. The SMILES string of the molecule is CC(C)[Si](C#Cc1c(F)ccc2cccc(-c3ncc4c(N5C[C@@H]6[C@H]5CCN6C(=O)OC(C)(C)C)c(C#N)cnc4c3F)c12)(C(C)C)C(C)C. The molecule has 10 heteroatoms. The van der Waals surface area contributed by atoms with Gasteiger partial charge in [-0.15, -0.1) is 5.54 Å². The number of hydrogen-bond donors (Lipinski definition) is 0. The molecule has 7 nitrogen and oxygen atoms in total.